The van der Waals surface area contributed by atoms with E-state index in [9.17, 15) is 4.79 Å². The highest BCUT2D eigenvalue weighted by Crippen LogP contribution is 2.46. The molecule has 9 heteroatoms. The van der Waals surface area contributed by atoms with E-state index in [1.807, 2.05) is 47.4 Å². The number of fused-ring (bicyclic) bond motifs is 4. The Bertz CT molecular complexity index is 1640. The van der Waals surface area contributed by atoms with E-state index in [1.54, 1.807) is 35.5 Å². The quantitative estimate of drug-likeness (QED) is 0.187. The van der Waals surface area contributed by atoms with Gasteiger partial charge in [-0.1, -0.05) is 12.5 Å². The second-order valence-electron chi connectivity index (χ2n) is 10.8. The van der Waals surface area contributed by atoms with Gasteiger partial charge >= 0.3 is 0 Å². The van der Waals surface area contributed by atoms with Gasteiger partial charge in [0, 0.05) is 6.54 Å². The lowest BCUT2D eigenvalue weighted by Crippen LogP contribution is -2.48. The lowest BCUT2D eigenvalue weighted by atomic mass is 9.83. The first-order chi connectivity index (χ1) is 20.9. The predicted octanol–water partition coefficient (Wildman–Crippen LogP) is 4.97. The standard InChI is InChI=1S/C34H41N3O6/c1-39-22-10-9-20-14-27(26-19-32(43-5)31(42-4)18-25(26)23(20)16-22)33-24-17-30(41-3)29(40-2)15-21(24)11-13-37(33)34(38)28(36)8-6-7-12-35/h9-10,14-19,28,33H,6-8,11-13,35-36H2,1-5H3/t28-,33+/m0/s1. The van der Waals surface area contributed by atoms with Gasteiger partial charge in [-0.05, 0) is 107 Å². The van der Waals surface area contributed by atoms with Crippen LogP contribution in [0.25, 0.3) is 21.5 Å². The minimum absolute atomic E-state index is 0.0917. The first-order valence-electron chi connectivity index (χ1n) is 14.6. The Labute approximate surface area is 252 Å². The smallest absolute Gasteiger partial charge is 0.240 e. The number of ether oxygens (including phenoxy) is 5. The average Bonchev–Trinajstić information content (AvgIpc) is 3.05. The van der Waals surface area contributed by atoms with E-state index in [-0.39, 0.29) is 5.91 Å². The predicted molar refractivity (Wildman–Crippen MR) is 169 cm³/mol. The summed E-state index contributed by atoms with van der Waals surface area (Å²) in [5, 5.41) is 3.89. The molecule has 0 fully saturated rings. The third kappa shape index (κ3) is 5.62. The summed E-state index contributed by atoms with van der Waals surface area (Å²) >= 11 is 0. The molecule has 0 bridgehead atoms. The van der Waals surface area contributed by atoms with Gasteiger partial charge in [0.05, 0.1) is 47.6 Å². The van der Waals surface area contributed by atoms with Gasteiger partial charge in [-0.15, -0.1) is 0 Å². The van der Waals surface area contributed by atoms with Crippen LogP contribution < -0.4 is 35.2 Å². The molecule has 0 aliphatic carbocycles. The fourth-order valence-corrected chi connectivity index (χ4v) is 6.20. The van der Waals surface area contributed by atoms with Crippen LogP contribution in [-0.2, 0) is 11.2 Å². The van der Waals surface area contributed by atoms with Crippen LogP contribution in [0.15, 0.2) is 48.5 Å². The third-order valence-corrected chi connectivity index (χ3v) is 8.43. The molecule has 4 N–H and O–H groups in total. The van der Waals surface area contributed by atoms with Crippen molar-refractivity contribution in [3.05, 3.63) is 65.2 Å². The molecule has 0 spiro atoms. The first-order valence-corrected chi connectivity index (χ1v) is 14.6. The van der Waals surface area contributed by atoms with Gasteiger partial charge in [0.2, 0.25) is 5.91 Å². The van der Waals surface area contributed by atoms with Crippen molar-refractivity contribution in [1.82, 2.24) is 4.90 Å². The summed E-state index contributed by atoms with van der Waals surface area (Å²) in [5.41, 5.74) is 15.3. The Morgan fingerprint density at radius 1 is 0.791 bits per heavy atom. The van der Waals surface area contributed by atoms with Gasteiger partial charge in [-0.2, -0.15) is 0 Å². The van der Waals surface area contributed by atoms with Crippen LogP contribution in [0.3, 0.4) is 0 Å². The first kappa shape index (κ1) is 30.3. The second kappa shape index (κ2) is 13.0. The van der Waals surface area contributed by atoms with Crippen molar-refractivity contribution in [3.63, 3.8) is 0 Å². The van der Waals surface area contributed by atoms with Crippen LogP contribution in [0.1, 0.15) is 42.0 Å². The van der Waals surface area contributed by atoms with E-state index in [4.69, 9.17) is 35.2 Å². The Kier molecular flexibility index (Phi) is 9.13. The molecular formula is C34H41N3O6. The highest BCUT2D eigenvalue weighted by atomic mass is 16.5. The molecule has 0 unspecified atom stereocenters. The zero-order valence-corrected chi connectivity index (χ0v) is 25.6. The Morgan fingerprint density at radius 2 is 1.44 bits per heavy atom. The number of hydrogen-bond acceptors (Lipinski definition) is 8. The highest BCUT2D eigenvalue weighted by Gasteiger charge is 2.36. The number of rotatable bonds is 11. The van der Waals surface area contributed by atoms with Crippen LogP contribution in [0, 0.1) is 0 Å². The minimum atomic E-state index is -0.638. The normalized spacial score (nSPS) is 15.2. The van der Waals surface area contributed by atoms with Gasteiger partial charge in [0.15, 0.2) is 23.0 Å². The fourth-order valence-electron chi connectivity index (χ4n) is 6.20. The van der Waals surface area contributed by atoms with Gasteiger partial charge in [0.25, 0.3) is 0 Å². The molecule has 4 aromatic carbocycles. The van der Waals surface area contributed by atoms with Gasteiger partial charge < -0.3 is 40.1 Å². The molecule has 228 valence electrons. The third-order valence-electron chi connectivity index (χ3n) is 8.43. The summed E-state index contributed by atoms with van der Waals surface area (Å²) in [5.74, 6) is 3.11. The van der Waals surface area contributed by atoms with Crippen LogP contribution in [0.5, 0.6) is 28.7 Å². The summed E-state index contributed by atoms with van der Waals surface area (Å²) in [6, 6.07) is 15.1. The summed E-state index contributed by atoms with van der Waals surface area (Å²) in [6.07, 6.45) is 2.85. The molecule has 2 atom stereocenters. The lowest BCUT2D eigenvalue weighted by molar-refractivity contribution is -0.134. The SMILES string of the molecule is COc1ccc2cc([C@H]3c4cc(OC)c(OC)cc4CCN3C(=O)[C@@H](N)CCCCN)c3cc(OC)c(OC)cc3c2c1. The second-order valence-corrected chi connectivity index (χ2v) is 10.8. The topological polar surface area (TPSA) is 118 Å². The largest absolute Gasteiger partial charge is 0.497 e. The number of carbonyl (C=O) groups is 1. The van der Waals surface area contributed by atoms with E-state index in [2.05, 4.69) is 6.07 Å². The highest BCUT2D eigenvalue weighted by molar-refractivity contribution is 6.11. The molecule has 0 saturated carbocycles. The molecule has 0 radical (unpaired) electrons. The maximum atomic E-state index is 14.1. The number of nitrogens with two attached hydrogens (primary N) is 2. The number of benzene rings is 4. The maximum absolute atomic E-state index is 14.1. The summed E-state index contributed by atoms with van der Waals surface area (Å²) in [7, 11) is 8.15. The molecule has 1 aliphatic heterocycles. The maximum Gasteiger partial charge on any atom is 0.240 e. The van der Waals surface area contributed by atoms with E-state index in [1.165, 1.54) is 0 Å². The molecule has 0 saturated heterocycles. The van der Waals surface area contributed by atoms with Gasteiger partial charge in [0.1, 0.15) is 5.75 Å². The Morgan fingerprint density at radius 3 is 2.09 bits per heavy atom. The number of hydrogen-bond donors (Lipinski definition) is 2. The minimum Gasteiger partial charge on any atom is -0.497 e. The number of nitrogens with zero attached hydrogens (tertiary/aromatic N) is 1. The van der Waals surface area contributed by atoms with Gasteiger partial charge in [-0.3, -0.25) is 4.79 Å². The van der Waals surface area contributed by atoms with E-state index < -0.39 is 12.1 Å². The zero-order chi connectivity index (χ0) is 30.7. The fraction of sp³-hybridized carbons (Fsp3) is 0.382. The van der Waals surface area contributed by atoms with Crippen molar-refractivity contribution < 1.29 is 28.5 Å². The van der Waals surface area contributed by atoms with Crippen molar-refractivity contribution in [2.45, 2.75) is 37.8 Å². The van der Waals surface area contributed by atoms with Crippen LogP contribution >= 0.6 is 0 Å². The van der Waals surface area contributed by atoms with Crippen molar-refractivity contribution in [1.29, 1.82) is 0 Å². The van der Waals surface area contributed by atoms with E-state index in [0.29, 0.717) is 48.9 Å². The van der Waals surface area contributed by atoms with Gasteiger partial charge in [-0.25, -0.2) is 0 Å². The lowest BCUT2D eigenvalue weighted by Gasteiger charge is -2.40. The average molecular weight is 588 g/mol. The molecule has 4 aromatic rings. The van der Waals surface area contributed by atoms with E-state index >= 15 is 0 Å². The van der Waals surface area contributed by atoms with Crippen LogP contribution in [0.4, 0.5) is 0 Å². The Hall–Kier alpha value is -4.21. The monoisotopic (exact) mass is 587 g/mol. The molecule has 1 aliphatic rings. The van der Waals surface area contributed by atoms with E-state index in [0.717, 1.165) is 56.8 Å². The van der Waals surface area contributed by atoms with Crippen molar-refractivity contribution in [3.8, 4) is 28.7 Å². The number of amides is 1. The molecular weight excluding hydrogens is 546 g/mol. The Balaban J connectivity index is 1.81. The van der Waals surface area contributed by atoms with Crippen molar-refractivity contribution >= 4 is 27.5 Å². The van der Waals surface area contributed by atoms with Crippen LogP contribution in [-0.4, -0.2) is 65.5 Å². The summed E-state index contributed by atoms with van der Waals surface area (Å²) in [4.78, 5) is 16.0. The molecule has 1 amide bonds. The number of unbranched alkanes of at least 4 members (excludes halogenated alkanes) is 1. The van der Waals surface area contributed by atoms with Crippen molar-refractivity contribution in [2.75, 3.05) is 48.6 Å². The molecule has 9 nitrogen and oxygen atoms in total. The zero-order valence-electron chi connectivity index (χ0n) is 25.6. The van der Waals surface area contributed by atoms with Crippen LogP contribution in [0.2, 0.25) is 0 Å². The molecule has 1 heterocycles. The molecule has 43 heavy (non-hydrogen) atoms. The molecule has 0 aromatic heterocycles. The summed E-state index contributed by atoms with van der Waals surface area (Å²) < 4.78 is 28.4. The number of methoxy groups -OCH3 is 5. The summed E-state index contributed by atoms with van der Waals surface area (Å²) in [6.45, 7) is 1.08. The number of carbonyl (C=O) groups excluding carboxylic acids is 1. The van der Waals surface area contributed by atoms with Crippen molar-refractivity contribution in [2.24, 2.45) is 11.5 Å². The molecule has 5 rings (SSSR count).